The average molecular weight is 192 g/mol. The van der Waals surface area contributed by atoms with Crippen molar-refractivity contribution in [3.05, 3.63) is 24.0 Å². The van der Waals surface area contributed by atoms with Gasteiger partial charge in [0, 0.05) is 24.0 Å². The lowest BCUT2D eigenvalue weighted by Crippen LogP contribution is -2.12. The number of aromatic nitrogens is 2. The van der Waals surface area contributed by atoms with Gasteiger partial charge in [-0.2, -0.15) is 0 Å². The fraction of sp³-hybridized carbons (Fsp3) is 0.400. The molecule has 0 fully saturated rings. The van der Waals surface area contributed by atoms with E-state index in [0.717, 1.165) is 17.6 Å². The van der Waals surface area contributed by atoms with E-state index in [4.69, 9.17) is 11.5 Å². The van der Waals surface area contributed by atoms with Crippen molar-refractivity contribution in [2.24, 2.45) is 5.73 Å². The Hall–Kier alpha value is -1.42. The monoisotopic (exact) mass is 192 g/mol. The SMILES string of the molecule is CC(=CCC(C)N)c1cnc(N)nc1. The molecule has 0 aromatic carbocycles. The summed E-state index contributed by atoms with van der Waals surface area (Å²) in [4.78, 5) is 7.84. The van der Waals surface area contributed by atoms with Gasteiger partial charge in [-0.05, 0) is 25.8 Å². The quantitative estimate of drug-likeness (QED) is 0.754. The van der Waals surface area contributed by atoms with Crippen molar-refractivity contribution in [1.82, 2.24) is 9.97 Å². The summed E-state index contributed by atoms with van der Waals surface area (Å²) in [6, 6.07) is 0.180. The topological polar surface area (TPSA) is 77.8 Å². The first-order chi connectivity index (χ1) is 6.59. The largest absolute Gasteiger partial charge is 0.368 e. The first kappa shape index (κ1) is 10.7. The summed E-state index contributed by atoms with van der Waals surface area (Å²) < 4.78 is 0. The third-order valence-corrected chi connectivity index (χ3v) is 1.92. The summed E-state index contributed by atoms with van der Waals surface area (Å²) in [5.74, 6) is 0.300. The van der Waals surface area contributed by atoms with Gasteiger partial charge in [-0.25, -0.2) is 9.97 Å². The normalized spacial score (nSPS) is 14.1. The summed E-state index contributed by atoms with van der Waals surface area (Å²) in [5, 5.41) is 0. The highest BCUT2D eigenvalue weighted by Crippen LogP contribution is 2.12. The predicted molar refractivity (Wildman–Crippen MR) is 58.4 cm³/mol. The van der Waals surface area contributed by atoms with Gasteiger partial charge in [0.1, 0.15) is 0 Å². The summed E-state index contributed by atoms with van der Waals surface area (Å²) in [7, 11) is 0. The maximum atomic E-state index is 5.65. The standard InChI is InChI=1S/C10H16N4/c1-7(3-4-8(2)11)9-5-13-10(12)14-6-9/h3,5-6,8H,4,11H2,1-2H3,(H2,12,13,14). The van der Waals surface area contributed by atoms with Crippen LogP contribution in [0.4, 0.5) is 5.95 Å². The number of nitrogens with two attached hydrogens (primary N) is 2. The lowest BCUT2D eigenvalue weighted by Gasteiger charge is -2.03. The molecule has 76 valence electrons. The molecule has 1 heterocycles. The second kappa shape index (κ2) is 4.72. The summed E-state index contributed by atoms with van der Waals surface area (Å²) >= 11 is 0. The Morgan fingerprint density at radius 1 is 1.50 bits per heavy atom. The van der Waals surface area contributed by atoms with Crippen LogP contribution >= 0.6 is 0 Å². The number of hydrogen-bond acceptors (Lipinski definition) is 4. The Morgan fingerprint density at radius 3 is 2.57 bits per heavy atom. The van der Waals surface area contributed by atoms with Gasteiger partial charge in [0.2, 0.25) is 5.95 Å². The number of anilines is 1. The molecule has 0 aliphatic rings. The predicted octanol–water partition coefficient (Wildman–Crippen LogP) is 1.20. The van der Waals surface area contributed by atoms with E-state index in [1.165, 1.54) is 0 Å². The van der Waals surface area contributed by atoms with Crippen molar-refractivity contribution in [2.75, 3.05) is 5.73 Å². The van der Waals surface area contributed by atoms with Crippen molar-refractivity contribution in [1.29, 1.82) is 0 Å². The fourth-order valence-corrected chi connectivity index (χ4v) is 1.02. The first-order valence-corrected chi connectivity index (χ1v) is 4.60. The van der Waals surface area contributed by atoms with Gasteiger partial charge >= 0.3 is 0 Å². The molecule has 4 heteroatoms. The van der Waals surface area contributed by atoms with Gasteiger partial charge in [-0.1, -0.05) is 6.08 Å². The second-order valence-electron chi connectivity index (χ2n) is 3.43. The Kier molecular flexibility index (Phi) is 3.59. The maximum Gasteiger partial charge on any atom is 0.219 e. The van der Waals surface area contributed by atoms with E-state index < -0.39 is 0 Å². The number of rotatable bonds is 3. The number of nitrogens with zero attached hydrogens (tertiary/aromatic N) is 2. The van der Waals surface area contributed by atoms with E-state index in [-0.39, 0.29) is 6.04 Å². The molecule has 0 aliphatic carbocycles. The molecule has 1 unspecified atom stereocenters. The Bertz CT molecular complexity index is 313. The minimum atomic E-state index is 0.180. The molecule has 0 bridgehead atoms. The number of nitrogen functional groups attached to an aromatic ring is 1. The van der Waals surface area contributed by atoms with Crippen LogP contribution in [0.15, 0.2) is 18.5 Å². The molecule has 1 atom stereocenters. The first-order valence-electron chi connectivity index (χ1n) is 4.60. The third kappa shape index (κ3) is 3.14. The molecule has 4 N–H and O–H groups in total. The molecule has 1 aromatic rings. The average Bonchev–Trinajstić information content (AvgIpc) is 2.15. The summed E-state index contributed by atoms with van der Waals surface area (Å²) in [6.07, 6.45) is 6.38. The van der Waals surface area contributed by atoms with E-state index in [0.29, 0.717) is 5.95 Å². The molecule has 0 radical (unpaired) electrons. The van der Waals surface area contributed by atoms with Crippen molar-refractivity contribution in [2.45, 2.75) is 26.3 Å². The smallest absolute Gasteiger partial charge is 0.219 e. The summed E-state index contributed by atoms with van der Waals surface area (Å²) in [5.41, 5.74) is 13.1. The van der Waals surface area contributed by atoms with Crippen molar-refractivity contribution in [3.63, 3.8) is 0 Å². The molecular weight excluding hydrogens is 176 g/mol. The van der Waals surface area contributed by atoms with Gasteiger partial charge < -0.3 is 11.5 Å². The molecular formula is C10H16N4. The maximum absolute atomic E-state index is 5.65. The minimum Gasteiger partial charge on any atom is -0.368 e. The van der Waals surface area contributed by atoms with Crippen LogP contribution in [0.25, 0.3) is 5.57 Å². The van der Waals surface area contributed by atoms with Crippen LogP contribution in [0, 0.1) is 0 Å². The molecule has 1 aromatic heterocycles. The molecule has 14 heavy (non-hydrogen) atoms. The van der Waals surface area contributed by atoms with E-state index in [1.54, 1.807) is 12.4 Å². The van der Waals surface area contributed by atoms with Crippen molar-refractivity contribution < 1.29 is 0 Å². The summed E-state index contributed by atoms with van der Waals surface area (Å²) in [6.45, 7) is 3.99. The van der Waals surface area contributed by atoms with Crippen molar-refractivity contribution >= 4 is 11.5 Å². The molecule has 0 aliphatic heterocycles. The van der Waals surface area contributed by atoms with Gasteiger partial charge in [0.05, 0.1) is 0 Å². The van der Waals surface area contributed by atoms with Crippen LogP contribution in [-0.2, 0) is 0 Å². The zero-order chi connectivity index (χ0) is 10.6. The van der Waals surface area contributed by atoms with E-state index in [1.807, 2.05) is 13.8 Å². The molecule has 0 saturated heterocycles. The van der Waals surface area contributed by atoms with E-state index >= 15 is 0 Å². The highest BCUT2D eigenvalue weighted by Gasteiger charge is 1.97. The Balaban J connectivity index is 2.73. The van der Waals surface area contributed by atoms with Crippen LogP contribution in [-0.4, -0.2) is 16.0 Å². The van der Waals surface area contributed by atoms with Gasteiger partial charge in [0.25, 0.3) is 0 Å². The van der Waals surface area contributed by atoms with Gasteiger partial charge in [-0.15, -0.1) is 0 Å². The number of allylic oxidation sites excluding steroid dienone is 1. The zero-order valence-corrected chi connectivity index (χ0v) is 8.57. The highest BCUT2D eigenvalue weighted by molar-refractivity contribution is 5.62. The van der Waals surface area contributed by atoms with Crippen LogP contribution in [0.3, 0.4) is 0 Å². The van der Waals surface area contributed by atoms with Crippen LogP contribution in [0.1, 0.15) is 25.8 Å². The van der Waals surface area contributed by atoms with Gasteiger partial charge in [-0.3, -0.25) is 0 Å². The lowest BCUT2D eigenvalue weighted by atomic mass is 10.1. The molecule has 4 nitrogen and oxygen atoms in total. The molecule has 0 amide bonds. The van der Waals surface area contributed by atoms with Crippen LogP contribution in [0.2, 0.25) is 0 Å². The second-order valence-corrected chi connectivity index (χ2v) is 3.43. The Morgan fingerprint density at radius 2 is 2.07 bits per heavy atom. The fourth-order valence-electron chi connectivity index (χ4n) is 1.02. The van der Waals surface area contributed by atoms with E-state index in [2.05, 4.69) is 16.0 Å². The van der Waals surface area contributed by atoms with Crippen LogP contribution < -0.4 is 11.5 Å². The molecule has 0 spiro atoms. The molecule has 0 saturated carbocycles. The lowest BCUT2D eigenvalue weighted by molar-refractivity contribution is 0.757. The zero-order valence-electron chi connectivity index (χ0n) is 8.57. The molecule has 1 rings (SSSR count). The minimum absolute atomic E-state index is 0.180. The van der Waals surface area contributed by atoms with Crippen molar-refractivity contribution in [3.8, 4) is 0 Å². The van der Waals surface area contributed by atoms with Gasteiger partial charge in [0.15, 0.2) is 0 Å². The third-order valence-electron chi connectivity index (χ3n) is 1.92. The van der Waals surface area contributed by atoms with E-state index in [9.17, 15) is 0 Å². The number of hydrogen-bond donors (Lipinski definition) is 2. The highest BCUT2D eigenvalue weighted by atomic mass is 15.0. The van der Waals surface area contributed by atoms with Crippen LogP contribution in [0.5, 0.6) is 0 Å². The Labute approximate surface area is 84.1 Å².